The molecule has 0 aromatic heterocycles. The van der Waals surface area contributed by atoms with Crippen LogP contribution in [0.15, 0.2) is 48.6 Å². The van der Waals surface area contributed by atoms with E-state index in [0.29, 0.717) is 74.5 Å². The van der Waals surface area contributed by atoms with Crippen LogP contribution in [0.1, 0.15) is 67.9 Å². The van der Waals surface area contributed by atoms with Gasteiger partial charge in [0.1, 0.15) is 23.5 Å². The molecule has 3 aliphatic rings. The minimum Gasteiger partial charge on any atom is -0.457 e. The highest BCUT2D eigenvalue weighted by molar-refractivity contribution is 6.10. The first-order chi connectivity index (χ1) is 22.5. The van der Waals surface area contributed by atoms with Gasteiger partial charge in [0.05, 0.1) is 17.9 Å². The second-order valence-corrected chi connectivity index (χ2v) is 13.2. The number of alkyl halides is 1. The van der Waals surface area contributed by atoms with E-state index < -0.39 is 17.9 Å². The van der Waals surface area contributed by atoms with Crippen molar-refractivity contribution in [2.24, 2.45) is 11.8 Å². The maximum atomic E-state index is 15.6. The summed E-state index contributed by atoms with van der Waals surface area (Å²) in [5.74, 6) is -0.332. The fraction of sp³-hybridized carbons (Fsp3) is 0.500. The van der Waals surface area contributed by atoms with Crippen LogP contribution >= 0.6 is 0 Å². The molecule has 3 N–H and O–H groups in total. The van der Waals surface area contributed by atoms with Crippen LogP contribution in [0, 0.1) is 28.5 Å². The number of piperidine rings is 1. The van der Waals surface area contributed by atoms with Gasteiger partial charge in [-0.2, -0.15) is 0 Å². The van der Waals surface area contributed by atoms with E-state index in [1.807, 2.05) is 20.8 Å². The van der Waals surface area contributed by atoms with Crippen molar-refractivity contribution in [3.8, 4) is 11.5 Å². The van der Waals surface area contributed by atoms with Gasteiger partial charge in [-0.1, -0.05) is 20.8 Å². The zero-order valence-electron chi connectivity index (χ0n) is 27.4. The lowest BCUT2D eigenvalue weighted by Crippen LogP contribution is -2.53. The minimum absolute atomic E-state index is 0.0154. The van der Waals surface area contributed by atoms with Crippen LogP contribution in [0.2, 0.25) is 0 Å². The first kappa shape index (κ1) is 34.4. The molecule has 0 aliphatic carbocycles. The Morgan fingerprint density at radius 3 is 2.49 bits per heavy atom. The number of hydrogen-bond acceptors (Lipinski definition) is 7. The molecule has 0 saturated carbocycles. The summed E-state index contributed by atoms with van der Waals surface area (Å²) in [4.78, 5) is 29.8. The van der Waals surface area contributed by atoms with Crippen LogP contribution < -0.4 is 10.1 Å². The van der Waals surface area contributed by atoms with E-state index in [0.717, 1.165) is 0 Å². The first-order valence-corrected chi connectivity index (χ1v) is 16.5. The number of allylic oxidation sites excluding steroid dienone is 2. The van der Waals surface area contributed by atoms with Gasteiger partial charge in [0.25, 0.3) is 5.91 Å². The van der Waals surface area contributed by atoms with Crippen molar-refractivity contribution < 1.29 is 27.8 Å². The second kappa shape index (κ2) is 15.3. The molecule has 3 aliphatic heterocycles. The summed E-state index contributed by atoms with van der Waals surface area (Å²) in [6.07, 6.45) is 4.51. The van der Waals surface area contributed by atoms with Crippen molar-refractivity contribution in [3.05, 3.63) is 71.1 Å². The van der Waals surface area contributed by atoms with Crippen molar-refractivity contribution >= 4 is 23.2 Å². The Hall–Kier alpha value is -3.96. The van der Waals surface area contributed by atoms with Crippen molar-refractivity contribution in [1.82, 2.24) is 15.1 Å². The summed E-state index contributed by atoms with van der Waals surface area (Å²) >= 11 is 0. The molecule has 252 valence electrons. The molecule has 11 heteroatoms. The van der Waals surface area contributed by atoms with E-state index >= 15 is 4.39 Å². The van der Waals surface area contributed by atoms with Crippen molar-refractivity contribution in [2.75, 3.05) is 32.8 Å². The highest BCUT2D eigenvalue weighted by Crippen LogP contribution is 2.32. The van der Waals surface area contributed by atoms with Crippen LogP contribution in [-0.2, 0) is 16.1 Å². The van der Waals surface area contributed by atoms with Crippen molar-refractivity contribution in [1.29, 1.82) is 10.8 Å². The molecule has 3 fully saturated rings. The SMILES string of the molecule is CC(C)C(=N)/C=C\C(=N)c1ccc(Oc2cc(C(=O)NC3CCN(C4CCOCC4F)CC3)c(F)cc2CN2C[C@@H](C)CC2=O)cc1. The molecule has 0 bridgehead atoms. The molecule has 2 aromatic rings. The van der Waals surface area contributed by atoms with Gasteiger partial charge in [-0.15, -0.1) is 0 Å². The van der Waals surface area contributed by atoms with E-state index in [9.17, 15) is 14.0 Å². The van der Waals surface area contributed by atoms with Gasteiger partial charge in [-0.25, -0.2) is 8.78 Å². The third-order valence-electron chi connectivity index (χ3n) is 9.19. The number of nitrogens with one attached hydrogen (secondary N) is 3. The summed E-state index contributed by atoms with van der Waals surface area (Å²) in [5.41, 5.74) is 1.59. The van der Waals surface area contributed by atoms with Gasteiger partial charge in [0.15, 0.2) is 0 Å². The van der Waals surface area contributed by atoms with Gasteiger partial charge < -0.3 is 30.5 Å². The summed E-state index contributed by atoms with van der Waals surface area (Å²) < 4.78 is 41.4. The largest absolute Gasteiger partial charge is 0.457 e. The van der Waals surface area contributed by atoms with E-state index in [2.05, 4.69) is 10.2 Å². The van der Waals surface area contributed by atoms with Crippen LogP contribution in [0.3, 0.4) is 0 Å². The average molecular weight is 650 g/mol. The van der Waals surface area contributed by atoms with Crippen molar-refractivity contribution in [3.63, 3.8) is 0 Å². The zero-order valence-corrected chi connectivity index (χ0v) is 27.4. The Morgan fingerprint density at radius 1 is 1.13 bits per heavy atom. The zero-order chi connectivity index (χ0) is 33.7. The molecule has 9 nitrogen and oxygen atoms in total. The fourth-order valence-electron chi connectivity index (χ4n) is 6.35. The van der Waals surface area contributed by atoms with Crippen LogP contribution in [0.4, 0.5) is 8.78 Å². The monoisotopic (exact) mass is 649 g/mol. The number of rotatable bonds is 11. The Balaban J connectivity index is 1.31. The standard InChI is InChI=1S/C36H45F2N5O4/c1-22(2)31(39)8-9-32(40)24-4-6-27(7-5-24)47-34-18-28(29(37)17-25(34)20-43-19-23(3)16-35(43)44)36(45)41-26-10-13-42(14-11-26)33-12-15-46-21-30(33)38/h4-9,17-18,22-23,26,30,33,39-40H,10-16,19-21H2,1-3H3,(H,41,45)/b9-8-,39-31?,40-32?/t23-,30?,33?/m0/s1. The molecule has 2 unspecified atom stereocenters. The number of benzene rings is 2. The molecule has 0 radical (unpaired) electrons. The normalized spacial score (nSPS) is 22.6. The highest BCUT2D eigenvalue weighted by atomic mass is 19.1. The topological polar surface area (TPSA) is 119 Å². The first-order valence-electron chi connectivity index (χ1n) is 16.5. The van der Waals surface area contributed by atoms with Gasteiger partial charge in [0.2, 0.25) is 5.91 Å². The Bertz CT molecular complexity index is 1500. The molecule has 5 rings (SSSR count). The number of nitrogens with zero attached hydrogens (tertiary/aromatic N) is 2. The lowest BCUT2D eigenvalue weighted by atomic mass is 9.98. The Kier molecular flexibility index (Phi) is 11.2. The second-order valence-electron chi connectivity index (χ2n) is 13.2. The molecule has 2 aromatic carbocycles. The summed E-state index contributed by atoms with van der Waals surface area (Å²) in [5, 5.41) is 19.3. The van der Waals surface area contributed by atoms with Gasteiger partial charge in [0, 0.05) is 62.6 Å². The number of ether oxygens (including phenoxy) is 2. The Morgan fingerprint density at radius 2 is 1.85 bits per heavy atom. The van der Waals surface area contributed by atoms with Crippen LogP contribution in [0.5, 0.6) is 11.5 Å². The predicted octanol–water partition coefficient (Wildman–Crippen LogP) is 5.91. The molecular weight excluding hydrogens is 604 g/mol. The quantitative estimate of drug-likeness (QED) is 0.262. The van der Waals surface area contributed by atoms with E-state index in [1.165, 1.54) is 12.1 Å². The fourth-order valence-corrected chi connectivity index (χ4v) is 6.35. The summed E-state index contributed by atoms with van der Waals surface area (Å²) in [6, 6.07) is 9.14. The minimum atomic E-state index is -1.02. The Labute approximate surface area is 275 Å². The molecule has 3 heterocycles. The maximum absolute atomic E-state index is 15.6. The number of carbonyl (C=O) groups is 2. The molecule has 2 amide bonds. The number of hydrogen-bond donors (Lipinski definition) is 3. The highest BCUT2D eigenvalue weighted by Gasteiger charge is 2.34. The van der Waals surface area contributed by atoms with E-state index in [-0.39, 0.29) is 60.0 Å². The van der Waals surface area contributed by atoms with Crippen LogP contribution in [0.25, 0.3) is 0 Å². The third-order valence-corrected chi connectivity index (χ3v) is 9.19. The van der Waals surface area contributed by atoms with Crippen LogP contribution in [-0.4, -0.2) is 84.1 Å². The summed E-state index contributed by atoms with van der Waals surface area (Å²) in [6.45, 7) is 8.46. The maximum Gasteiger partial charge on any atom is 0.254 e. The molecule has 3 saturated heterocycles. The smallest absolute Gasteiger partial charge is 0.254 e. The van der Waals surface area contributed by atoms with E-state index in [1.54, 1.807) is 41.3 Å². The predicted molar refractivity (Wildman–Crippen MR) is 177 cm³/mol. The average Bonchev–Trinajstić information content (AvgIpc) is 3.37. The van der Waals surface area contributed by atoms with Gasteiger partial charge in [-0.3, -0.25) is 14.5 Å². The summed E-state index contributed by atoms with van der Waals surface area (Å²) in [7, 11) is 0. The molecule has 3 atom stereocenters. The molecule has 47 heavy (non-hydrogen) atoms. The third kappa shape index (κ3) is 8.70. The molecule has 0 spiro atoms. The number of halogens is 2. The number of carbonyl (C=O) groups excluding carboxylic acids is 2. The van der Waals surface area contributed by atoms with Gasteiger partial charge >= 0.3 is 0 Å². The molecular formula is C36H45F2N5O4. The lowest BCUT2D eigenvalue weighted by Gasteiger charge is -2.40. The van der Waals surface area contributed by atoms with E-state index in [4.69, 9.17) is 20.3 Å². The number of amides is 2. The van der Waals surface area contributed by atoms with Gasteiger partial charge in [-0.05, 0) is 85.2 Å². The number of likely N-dealkylation sites (tertiary alicyclic amines) is 2. The van der Waals surface area contributed by atoms with Crippen molar-refractivity contribution in [2.45, 2.75) is 71.3 Å². The lowest BCUT2D eigenvalue weighted by molar-refractivity contribution is -0.128.